The molecule has 0 aromatic carbocycles. The number of nitrogens with one attached hydrogen (secondary N) is 3. The molecule has 8 nitrogen and oxygen atoms in total. The van der Waals surface area contributed by atoms with E-state index in [9.17, 15) is 9.18 Å². The summed E-state index contributed by atoms with van der Waals surface area (Å²) in [6.07, 6.45) is 4.13. The summed E-state index contributed by atoms with van der Waals surface area (Å²) in [5.41, 5.74) is 0.236. The zero-order valence-corrected chi connectivity index (χ0v) is 14.1. The summed E-state index contributed by atoms with van der Waals surface area (Å²) in [5, 5.41) is 6.31. The Labute approximate surface area is 147 Å². The summed E-state index contributed by atoms with van der Waals surface area (Å²) in [5.74, 6) is -0.0173. The van der Waals surface area contributed by atoms with Crippen molar-refractivity contribution in [1.29, 1.82) is 0 Å². The molecule has 3 N–H and O–H groups in total. The molecule has 0 saturated carbocycles. The number of aromatic amines is 1. The Morgan fingerprint density at radius 3 is 2.92 bits per heavy atom. The lowest BCUT2D eigenvalue weighted by Crippen LogP contribution is -2.48. The number of hydrogen-bond acceptors (Lipinski definition) is 6. The standard InChI is InChI=1S/C16H18FN7O.3H2/c1-4-18-14(25)16(2,3)24-15-22-8-21-13(23-15)11-7-20-12-10(11)5-9(17)6-19-12;;;/h5-8H,4H2,1-3H3,(H,18,25)(H,19,20)(H,21,22,23,24);3*1H. The topological polar surface area (TPSA) is 108 Å². The molecule has 0 spiro atoms. The average molecular weight is 349 g/mol. The number of H-pyrrole nitrogens is 1. The van der Waals surface area contributed by atoms with E-state index < -0.39 is 11.4 Å². The summed E-state index contributed by atoms with van der Waals surface area (Å²) in [6, 6.07) is 1.36. The second kappa shape index (κ2) is 6.42. The first kappa shape index (κ1) is 16.7. The van der Waals surface area contributed by atoms with E-state index in [2.05, 4.69) is 35.6 Å². The number of rotatable bonds is 5. The SMILES string of the molecule is CCNC(=O)C(C)(C)Nc1ncnc(-c2c[nH]c3ncc(F)cc23)n1.[HH].[HH].[HH]. The first-order valence-electron chi connectivity index (χ1n) is 7.79. The quantitative estimate of drug-likeness (QED) is 0.653. The van der Waals surface area contributed by atoms with Gasteiger partial charge in [0.2, 0.25) is 11.9 Å². The maximum Gasteiger partial charge on any atom is 0.245 e. The Morgan fingerprint density at radius 2 is 2.16 bits per heavy atom. The van der Waals surface area contributed by atoms with Crippen molar-refractivity contribution in [2.24, 2.45) is 0 Å². The van der Waals surface area contributed by atoms with Crippen molar-refractivity contribution in [3.8, 4) is 11.4 Å². The van der Waals surface area contributed by atoms with Crippen molar-refractivity contribution in [3.05, 3.63) is 30.6 Å². The molecule has 25 heavy (non-hydrogen) atoms. The van der Waals surface area contributed by atoms with Crippen LogP contribution in [-0.4, -0.2) is 42.9 Å². The molecule has 0 aliphatic rings. The maximum absolute atomic E-state index is 13.5. The predicted molar refractivity (Wildman–Crippen MR) is 97.6 cm³/mol. The number of carbonyl (C=O) groups is 1. The van der Waals surface area contributed by atoms with Gasteiger partial charge in [-0.25, -0.2) is 19.3 Å². The van der Waals surface area contributed by atoms with Crippen molar-refractivity contribution in [2.75, 3.05) is 11.9 Å². The molecule has 0 atom stereocenters. The van der Waals surface area contributed by atoms with Crippen LogP contribution in [0.3, 0.4) is 0 Å². The maximum atomic E-state index is 13.5. The third-order valence-electron chi connectivity index (χ3n) is 3.64. The van der Waals surface area contributed by atoms with Gasteiger partial charge in [-0.3, -0.25) is 4.79 Å². The number of anilines is 1. The minimum Gasteiger partial charge on any atom is -0.354 e. The number of hydrogen-bond donors (Lipinski definition) is 3. The summed E-state index contributed by atoms with van der Waals surface area (Å²) < 4.78 is 13.5. The minimum absolute atomic E-state index is 0. The molecule has 3 aromatic heterocycles. The van der Waals surface area contributed by atoms with Crippen LogP contribution >= 0.6 is 0 Å². The third-order valence-corrected chi connectivity index (χ3v) is 3.64. The molecule has 3 heterocycles. The minimum atomic E-state index is -0.900. The number of halogens is 1. The highest BCUT2D eigenvalue weighted by Crippen LogP contribution is 2.25. The van der Waals surface area contributed by atoms with Crippen LogP contribution in [0, 0.1) is 5.82 Å². The third kappa shape index (κ3) is 3.39. The molecule has 0 aliphatic heterocycles. The van der Waals surface area contributed by atoms with E-state index >= 15 is 0 Å². The zero-order valence-electron chi connectivity index (χ0n) is 14.1. The summed E-state index contributed by atoms with van der Waals surface area (Å²) >= 11 is 0. The number of aromatic nitrogens is 5. The number of amides is 1. The molecule has 1 amide bonds. The second-order valence-corrected chi connectivity index (χ2v) is 5.99. The first-order chi connectivity index (χ1) is 11.9. The Hall–Kier alpha value is -3.10. The molecule has 0 radical (unpaired) electrons. The summed E-state index contributed by atoms with van der Waals surface area (Å²) in [6.45, 7) is 5.83. The molecular formula is C16H24FN7O. The number of fused-ring (bicyclic) bond motifs is 1. The van der Waals surface area contributed by atoms with Gasteiger partial charge in [0.1, 0.15) is 23.3 Å². The molecular weight excluding hydrogens is 325 g/mol. The van der Waals surface area contributed by atoms with Gasteiger partial charge in [-0.1, -0.05) is 0 Å². The van der Waals surface area contributed by atoms with E-state index in [0.29, 0.717) is 29.0 Å². The van der Waals surface area contributed by atoms with Crippen molar-refractivity contribution < 1.29 is 13.5 Å². The molecule has 0 fully saturated rings. The normalized spacial score (nSPS) is 11.5. The molecule has 0 unspecified atom stereocenters. The second-order valence-electron chi connectivity index (χ2n) is 5.99. The number of likely N-dealkylation sites (N-methyl/N-ethyl adjacent to an activating group) is 1. The number of nitrogens with zero attached hydrogens (tertiary/aromatic N) is 4. The van der Waals surface area contributed by atoms with Gasteiger partial charge >= 0.3 is 0 Å². The summed E-state index contributed by atoms with van der Waals surface area (Å²) in [7, 11) is 0. The van der Waals surface area contributed by atoms with Crippen LogP contribution in [0.2, 0.25) is 0 Å². The monoisotopic (exact) mass is 349 g/mol. The first-order valence-corrected chi connectivity index (χ1v) is 7.79. The smallest absolute Gasteiger partial charge is 0.245 e. The van der Waals surface area contributed by atoms with Crippen LogP contribution < -0.4 is 10.6 Å². The largest absolute Gasteiger partial charge is 0.354 e. The van der Waals surface area contributed by atoms with E-state index in [4.69, 9.17) is 0 Å². The molecule has 136 valence electrons. The van der Waals surface area contributed by atoms with Gasteiger partial charge in [-0.05, 0) is 26.8 Å². The van der Waals surface area contributed by atoms with Gasteiger partial charge < -0.3 is 15.6 Å². The van der Waals surface area contributed by atoms with Crippen molar-refractivity contribution >= 4 is 22.9 Å². The Kier molecular flexibility index (Phi) is 4.30. The fourth-order valence-corrected chi connectivity index (χ4v) is 2.37. The van der Waals surface area contributed by atoms with Gasteiger partial charge in [0.15, 0.2) is 5.82 Å². The van der Waals surface area contributed by atoms with Crippen LogP contribution in [0.1, 0.15) is 25.1 Å². The van der Waals surface area contributed by atoms with E-state index in [0.717, 1.165) is 6.20 Å². The number of pyridine rings is 1. The highest BCUT2D eigenvalue weighted by atomic mass is 19.1. The van der Waals surface area contributed by atoms with E-state index in [1.54, 1.807) is 20.0 Å². The Bertz CT molecular complexity index is 935. The predicted octanol–water partition coefficient (Wildman–Crippen LogP) is 2.62. The Balaban J connectivity index is 0.00000243. The molecule has 0 saturated heterocycles. The fourth-order valence-electron chi connectivity index (χ4n) is 2.37. The fraction of sp³-hybridized carbons (Fsp3) is 0.312. The van der Waals surface area contributed by atoms with E-state index in [1.807, 2.05) is 6.92 Å². The van der Waals surface area contributed by atoms with Crippen LogP contribution in [0.25, 0.3) is 22.4 Å². The summed E-state index contributed by atoms with van der Waals surface area (Å²) in [4.78, 5) is 31.6. The lowest BCUT2D eigenvalue weighted by Gasteiger charge is -2.24. The molecule has 0 bridgehead atoms. The molecule has 0 aliphatic carbocycles. The van der Waals surface area contributed by atoms with Gasteiger partial charge in [0.25, 0.3) is 0 Å². The Morgan fingerprint density at radius 1 is 1.36 bits per heavy atom. The van der Waals surface area contributed by atoms with Crippen molar-refractivity contribution in [2.45, 2.75) is 26.3 Å². The lowest BCUT2D eigenvalue weighted by molar-refractivity contribution is -0.124. The van der Waals surface area contributed by atoms with Crippen LogP contribution in [0.4, 0.5) is 10.3 Å². The zero-order chi connectivity index (χ0) is 18.0. The van der Waals surface area contributed by atoms with Gasteiger partial charge in [-0.2, -0.15) is 4.98 Å². The van der Waals surface area contributed by atoms with E-state index in [1.165, 1.54) is 12.4 Å². The van der Waals surface area contributed by atoms with Gasteiger partial charge in [0, 0.05) is 28.0 Å². The van der Waals surface area contributed by atoms with Crippen molar-refractivity contribution in [1.82, 2.24) is 30.2 Å². The van der Waals surface area contributed by atoms with Crippen molar-refractivity contribution in [3.63, 3.8) is 0 Å². The average Bonchev–Trinajstić information content (AvgIpc) is 2.98. The molecule has 9 heteroatoms. The lowest BCUT2D eigenvalue weighted by atomic mass is 10.1. The van der Waals surface area contributed by atoms with E-state index in [-0.39, 0.29) is 16.1 Å². The van der Waals surface area contributed by atoms with Crippen LogP contribution in [-0.2, 0) is 4.79 Å². The molecule has 3 rings (SSSR count). The van der Waals surface area contributed by atoms with Crippen LogP contribution in [0.5, 0.6) is 0 Å². The van der Waals surface area contributed by atoms with Gasteiger partial charge in [0.05, 0.1) is 6.20 Å². The van der Waals surface area contributed by atoms with Crippen LogP contribution in [0.15, 0.2) is 24.8 Å². The highest BCUT2D eigenvalue weighted by Gasteiger charge is 2.28. The molecule has 3 aromatic rings. The highest BCUT2D eigenvalue weighted by molar-refractivity contribution is 5.91. The number of carbonyl (C=O) groups excluding carboxylic acids is 1. The van der Waals surface area contributed by atoms with Gasteiger partial charge in [-0.15, -0.1) is 0 Å².